The number of aliphatic hydroxyl groups is 1. The zero-order valence-corrected chi connectivity index (χ0v) is 7.89. The summed E-state index contributed by atoms with van der Waals surface area (Å²) in [6, 6.07) is 3.66. The number of rotatable bonds is 1. The minimum absolute atomic E-state index is 0.0346. The van der Waals surface area contributed by atoms with Gasteiger partial charge in [-0.2, -0.15) is 18.4 Å². The molecule has 0 aliphatic carbocycles. The van der Waals surface area contributed by atoms with Crippen LogP contribution in [0, 0.1) is 18.3 Å². The van der Waals surface area contributed by atoms with E-state index in [0.29, 0.717) is 0 Å². The van der Waals surface area contributed by atoms with Gasteiger partial charge < -0.3 is 5.11 Å². The summed E-state index contributed by atoms with van der Waals surface area (Å²) in [6.07, 6.45) is -4.46. The molecule has 0 unspecified atom stereocenters. The number of aliphatic hydroxyl groups excluding tert-OH is 1. The van der Waals surface area contributed by atoms with Crippen LogP contribution >= 0.6 is 0 Å². The monoisotopic (exact) mass is 215 g/mol. The second kappa shape index (κ2) is 3.91. The van der Waals surface area contributed by atoms with Crippen molar-refractivity contribution in [3.8, 4) is 6.07 Å². The van der Waals surface area contributed by atoms with Crippen LogP contribution in [0.3, 0.4) is 0 Å². The third-order valence-electron chi connectivity index (χ3n) is 2.18. The normalized spacial score (nSPS) is 11.2. The first kappa shape index (κ1) is 11.5. The van der Waals surface area contributed by atoms with Crippen molar-refractivity contribution in [1.82, 2.24) is 0 Å². The third-order valence-corrected chi connectivity index (χ3v) is 2.18. The van der Waals surface area contributed by atoms with Crippen LogP contribution in [0.1, 0.15) is 22.3 Å². The van der Waals surface area contributed by atoms with Crippen LogP contribution < -0.4 is 0 Å². The van der Waals surface area contributed by atoms with Crippen molar-refractivity contribution in [3.63, 3.8) is 0 Å². The summed E-state index contributed by atoms with van der Waals surface area (Å²) in [5.41, 5.74) is -0.801. The van der Waals surface area contributed by atoms with E-state index in [1.54, 1.807) is 6.07 Å². The predicted molar refractivity (Wildman–Crippen MR) is 46.8 cm³/mol. The van der Waals surface area contributed by atoms with Crippen molar-refractivity contribution in [2.45, 2.75) is 19.7 Å². The van der Waals surface area contributed by atoms with E-state index in [4.69, 9.17) is 10.4 Å². The topological polar surface area (TPSA) is 44.0 Å². The van der Waals surface area contributed by atoms with Gasteiger partial charge in [0, 0.05) is 0 Å². The van der Waals surface area contributed by atoms with Gasteiger partial charge in [-0.15, -0.1) is 0 Å². The summed E-state index contributed by atoms with van der Waals surface area (Å²) in [7, 11) is 0. The molecule has 0 heterocycles. The molecule has 1 aromatic carbocycles. The average molecular weight is 215 g/mol. The van der Waals surface area contributed by atoms with Gasteiger partial charge in [-0.25, -0.2) is 0 Å². The average Bonchev–Trinajstić information content (AvgIpc) is 2.15. The van der Waals surface area contributed by atoms with Crippen LogP contribution in [0.15, 0.2) is 12.1 Å². The Morgan fingerprint density at radius 2 is 2.00 bits per heavy atom. The highest BCUT2D eigenvalue weighted by atomic mass is 19.4. The van der Waals surface area contributed by atoms with Gasteiger partial charge in [0.15, 0.2) is 0 Å². The van der Waals surface area contributed by atoms with E-state index in [1.165, 1.54) is 6.92 Å². The highest BCUT2D eigenvalue weighted by Crippen LogP contribution is 2.33. The molecule has 0 amide bonds. The van der Waals surface area contributed by atoms with Crippen LogP contribution in [0.2, 0.25) is 0 Å². The second-order valence-corrected chi connectivity index (χ2v) is 3.03. The van der Waals surface area contributed by atoms with E-state index in [0.717, 1.165) is 12.1 Å². The van der Waals surface area contributed by atoms with Crippen molar-refractivity contribution in [1.29, 1.82) is 5.26 Å². The SMILES string of the molecule is Cc1c(C(F)(F)F)ccc(C#N)c1CO. The maximum Gasteiger partial charge on any atom is 0.416 e. The number of nitriles is 1. The van der Waals surface area contributed by atoms with Crippen molar-refractivity contribution >= 4 is 0 Å². The summed E-state index contributed by atoms with van der Waals surface area (Å²) >= 11 is 0. The Morgan fingerprint density at radius 1 is 1.40 bits per heavy atom. The second-order valence-electron chi connectivity index (χ2n) is 3.03. The molecule has 0 spiro atoms. The van der Waals surface area contributed by atoms with E-state index in [2.05, 4.69) is 0 Å². The predicted octanol–water partition coefficient (Wildman–Crippen LogP) is 2.38. The summed E-state index contributed by atoms with van der Waals surface area (Å²) in [4.78, 5) is 0. The highest BCUT2D eigenvalue weighted by Gasteiger charge is 2.33. The van der Waals surface area contributed by atoms with Gasteiger partial charge in [0.2, 0.25) is 0 Å². The Labute approximate surface area is 84.6 Å². The Kier molecular flexibility index (Phi) is 3.01. The molecule has 0 aromatic heterocycles. The van der Waals surface area contributed by atoms with E-state index in [9.17, 15) is 13.2 Å². The first-order valence-electron chi connectivity index (χ1n) is 4.12. The van der Waals surface area contributed by atoms with Crippen molar-refractivity contribution < 1.29 is 18.3 Å². The smallest absolute Gasteiger partial charge is 0.392 e. The van der Waals surface area contributed by atoms with Gasteiger partial charge in [-0.05, 0) is 30.2 Å². The Morgan fingerprint density at radius 3 is 2.40 bits per heavy atom. The van der Waals surface area contributed by atoms with Crippen molar-refractivity contribution in [2.24, 2.45) is 0 Å². The molecule has 80 valence electrons. The molecule has 1 N–H and O–H groups in total. The van der Waals surface area contributed by atoms with Crippen LogP contribution in [-0.4, -0.2) is 5.11 Å². The molecule has 0 bridgehead atoms. The van der Waals surface area contributed by atoms with Gasteiger partial charge in [-0.1, -0.05) is 0 Å². The lowest BCUT2D eigenvalue weighted by atomic mass is 9.97. The molecule has 1 aromatic rings. The fourth-order valence-electron chi connectivity index (χ4n) is 1.37. The molecule has 0 atom stereocenters. The molecule has 0 saturated heterocycles. The molecule has 15 heavy (non-hydrogen) atoms. The Balaban J connectivity index is 3.44. The third kappa shape index (κ3) is 2.10. The minimum Gasteiger partial charge on any atom is -0.392 e. The molecule has 0 aliphatic rings. The van der Waals surface area contributed by atoms with Crippen LogP contribution in [0.4, 0.5) is 13.2 Å². The maximum absolute atomic E-state index is 12.4. The minimum atomic E-state index is -4.46. The van der Waals surface area contributed by atoms with Gasteiger partial charge in [0.05, 0.1) is 23.8 Å². The quantitative estimate of drug-likeness (QED) is 0.781. The lowest BCUT2D eigenvalue weighted by Crippen LogP contribution is -2.10. The first-order chi connectivity index (χ1) is 6.91. The molecule has 0 radical (unpaired) electrons. The molecular weight excluding hydrogens is 207 g/mol. The van der Waals surface area contributed by atoms with Crippen LogP contribution in [0.5, 0.6) is 0 Å². The molecule has 0 saturated carbocycles. The molecule has 2 nitrogen and oxygen atoms in total. The van der Waals surface area contributed by atoms with Gasteiger partial charge in [0.25, 0.3) is 0 Å². The first-order valence-corrected chi connectivity index (χ1v) is 4.12. The molecule has 1 rings (SSSR count). The molecule has 0 aliphatic heterocycles. The number of nitrogens with zero attached hydrogens (tertiary/aromatic N) is 1. The van der Waals surface area contributed by atoms with E-state index < -0.39 is 18.3 Å². The summed E-state index contributed by atoms with van der Waals surface area (Å²) in [6.45, 7) is 0.674. The zero-order chi connectivity index (χ0) is 11.6. The largest absolute Gasteiger partial charge is 0.416 e. The number of hydrogen-bond donors (Lipinski definition) is 1. The Hall–Kier alpha value is -1.54. The van der Waals surface area contributed by atoms with Crippen molar-refractivity contribution in [3.05, 3.63) is 34.4 Å². The maximum atomic E-state index is 12.4. The standard InChI is InChI=1S/C10H8F3NO/c1-6-8(5-15)7(4-14)2-3-9(6)10(11,12)13/h2-3,15H,5H2,1H3. The fourth-order valence-corrected chi connectivity index (χ4v) is 1.37. The van der Waals surface area contributed by atoms with E-state index in [-0.39, 0.29) is 16.7 Å². The van der Waals surface area contributed by atoms with Gasteiger partial charge in [0.1, 0.15) is 0 Å². The van der Waals surface area contributed by atoms with Crippen LogP contribution in [-0.2, 0) is 12.8 Å². The lowest BCUT2D eigenvalue weighted by molar-refractivity contribution is -0.138. The van der Waals surface area contributed by atoms with Gasteiger partial charge >= 0.3 is 6.18 Å². The number of halogens is 3. The summed E-state index contributed by atoms with van der Waals surface area (Å²) < 4.78 is 37.3. The fraction of sp³-hybridized carbons (Fsp3) is 0.300. The van der Waals surface area contributed by atoms with E-state index in [1.807, 2.05) is 0 Å². The molecule has 5 heteroatoms. The van der Waals surface area contributed by atoms with Gasteiger partial charge in [-0.3, -0.25) is 0 Å². The van der Waals surface area contributed by atoms with Crippen LogP contribution in [0.25, 0.3) is 0 Å². The van der Waals surface area contributed by atoms with E-state index >= 15 is 0 Å². The summed E-state index contributed by atoms with van der Waals surface area (Å²) in [5.74, 6) is 0. The zero-order valence-electron chi connectivity index (χ0n) is 7.89. The lowest BCUT2D eigenvalue weighted by Gasteiger charge is -2.13. The molecular formula is C10H8F3NO. The number of alkyl halides is 3. The number of benzene rings is 1. The molecule has 0 fully saturated rings. The van der Waals surface area contributed by atoms with Crippen molar-refractivity contribution in [2.75, 3.05) is 0 Å². The number of hydrogen-bond acceptors (Lipinski definition) is 2. The summed E-state index contributed by atoms with van der Waals surface area (Å²) in [5, 5.41) is 17.5. The highest BCUT2D eigenvalue weighted by molar-refractivity contribution is 5.46. The Bertz CT molecular complexity index is 418.